The number of hydrogen-bond donors (Lipinski definition) is 0. The van der Waals surface area contributed by atoms with Crippen molar-refractivity contribution in [3.63, 3.8) is 0 Å². The van der Waals surface area contributed by atoms with Crippen LogP contribution in [0.15, 0.2) is 48.5 Å². The molecule has 0 saturated carbocycles. The van der Waals surface area contributed by atoms with Crippen LogP contribution in [0, 0.1) is 0 Å². The number of hydrogen-bond acceptors (Lipinski definition) is 4. The summed E-state index contributed by atoms with van der Waals surface area (Å²) in [4.78, 5) is 16.9. The maximum absolute atomic E-state index is 13.1. The van der Waals surface area contributed by atoms with Gasteiger partial charge in [-0.1, -0.05) is 49.7 Å². The topological polar surface area (TPSA) is 57.7 Å². The summed E-state index contributed by atoms with van der Waals surface area (Å²) in [7, 11) is -3.19. The molecule has 160 valence electrons. The molecule has 5 nitrogen and oxygen atoms in total. The number of fused-ring (bicyclic) bond motifs is 1. The normalized spacial score (nSPS) is 23.7. The van der Waals surface area contributed by atoms with Gasteiger partial charge in [0.1, 0.15) is 0 Å². The fourth-order valence-corrected chi connectivity index (χ4v) is 6.59. The minimum Gasteiger partial charge on any atom is -0.306 e. The standard InChI is InChI=1S/C23H27ClN2O3S/c1-16(2)18-5-9-20(10-6-18)26-22-15-30(28,29)14-21(22)25(13-23(26)27)12-11-17-3-7-19(24)8-4-17/h3-10,16,21-22H,11-15H2,1-2H3/t21-,22-/m0/s1. The zero-order chi connectivity index (χ0) is 21.5. The molecule has 0 aromatic heterocycles. The molecule has 0 unspecified atom stereocenters. The Morgan fingerprint density at radius 1 is 1.00 bits per heavy atom. The van der Waals surface area contributed by atoms with Crippen LogP contribution in [-0.4, -0.2) is 55.9 Å². The fraction of sp³-hybridized carbons (Fsp3) is 0.435. The Kier molecular flexibility index (Phi) is 5.93. The van der Waals surface area contributed by atoms with Crippen molar-refractivity contribution in [2.24, 2.45) is 0 Å². The van der Waals surface area contributed by atoms with E-state index >= 15 is 0 Å². The van der Waals surface area contributed by atoms with Gasteiger partial charge in [0.2, 0.25) is 5.91 Å². The molecule has 2 fully saturated rings. The van der Waals surface area contributed by atoms with Crippen LogP contribution >= 0.6 is 11.6 Å². The molecule has 2 aliphatic heterocycles. The molecule has 0 aliphatic carbocycles. The van der Waals surface area contributed by atoms with Gasteiger partial charge in [0.05, 0.1) is 24.1 Å². The van der Waals surface area contributed by atoms with Gasteiger partial charge in [0, 0.05) is 23.3 Å². The first-order chi connectivity index (χ1) is 14.2. The third-order valence-corrected chi connectivity index (χ3v) is 8.09. The molecule has 30 heavy (non-hydrogen) atoms. The second kappa shape index (κ2) is 8.33. The first-order valence-corrected chi connectivity index (χ1v) is 12.5. The van der Waals surface area contributed by atoms with Crippen LogP contribution in [0.3, 0.4) is 0 Å². The Hall–Kier alpha value is -1.89. The van der Waals surface area contributed by atoms with Crippen molar-refractivity contribution >= 4 is 33.0 Å². The number of amides is 1. The first-order valence-electron chi connectivity index (χ1n) is 10.3. The van der Waals surface area contributed by atoms with Crippen LogP contribution in [0.25, 0.3) is 0 Å². The second-order valence-electron chi connectivity index (χ2n) is 8.57. The molecule has 2 heterocycles. The lowest BCUT2D eigenvalue weighted by Gasteiger charge is -2.43. The average Bonchev–Trinajstić information content (AvgIpc) is 3.02. The maximum atomic E-state index is 13.1. The van der Waals surface area contributed by atoms with Crippen molar-refractivity contribution in [1.82, 2.24) is 4.90 Å². The number of carbonyl (C=O) groups is 1. The van der Waals surface area contributed by atoms with Gasteiger partial charge in [-0.05, 0) is 47.7 Å². The van der Waals surface area contributed by atoms with Gasteiger partial charge in [-0.25, -0.2) is 8.42 Å². The molecule has 2 atom stereocenters. The number of carbonyl (C=O) groups excluding carboxylic acids is 1. The minimum absolute atomic E-state index is 0.0206. The van der Waals surface area contributed by atoms with Gasteiger partial charge in [0.25, 0.3) is 0 Å². The molecule has 2 aromatic carbocycles. The van der Waals surface area contributed by atoms with Gasteiger partial charge in [-0.3, -0.25) is 9.69 Å². The van der Waals surface area contributed by atoms with E-state index < -0.39 is 9.84 Å². The first kappa shape index (κ1) is 21.3. The SMILES string of the molecule is CC(C)c1ccc(N2C(=O)CN(CCc3ccc(Cl)cc3)[C@H]3CS(=O)(=O)C[C@@H]32)cc1. The summed E-state index contributed by atoms with van der Waals surface area (Å²) in [6.45, 7) is 5.12. The largest absolute Gasteiger partial charge is 0.306 e. The summed E-state index contributed by atoms with van der Waals surface area (Å²) in [6.07, 6.45) is 0.747. The monoisotopic (exact) mass is 446 g/mol. The van der Waals surface area contributed by atoms with Gasteiger partial charge < -0.3 is 4.90 Å². The molecule has 7 heteroatoms. The van der Waals surface area contributed by atoms with Crippen molar-refractivity contribution in [3.05, 3.63) is 64.7 Å². The number of sulfone groups is 1. The molecule has 0 spiro atoms. The highest BCUT2D eigenvalue weighted by Gasteiger charge is 2.49. The summed E-state index contributed by atoms with van der Waals surface area (Å²) >= 11 is 5.96. The Morgan fingerprint density at radius 2 is 1.63 bits per heavy atom. The Labute approximate surface area is 183 Å². The molecule has 0 radical (unpaired) electrons. The predicted molar refractivity (Wildman–Crippen MR) is 121 cm³/mol. The van der Waals surface area contributed by atoms with Crippen LogP contribution in [0.2, 0.25) is 5.02 Å². The number of nitrogens with zero attached hydrogens (tertiary/aromatic N) is 2. The summed E-state index contributed by atoms with van der Waals surface area (Å²) in [5.41, 5.74) is 3.10. The number of piperazine rings is 1. The van der Waals surface area contributed by atoms with E-state index in [4.69, 9.17) is 11.6 Å². The zero-order valence-corrected chi connectivity index (χ0v) is 18.9. The quantitative estimate of drug-likeness (QED) is 0.705. The highest BCUT2D eigenvalue weighted by molar-refractivity contribution is 7.91. The molecule has 2 aliphatic rings. The lowest BCUT2D eigenvalue weighted by molar-refractivity contribution is -0.123. The molecular formula is C23H27ClN2O3S. The third-order valence-electron chi connectivity index (χ3n) is 6.14. The Bertz CT molecular complexity index is 1020. The smallest absolute Gasteiger partial charge is 0.241 e. The van der Waals surface area contributed by atoms with E-state index in [1.165, 1.54) is 5.56 Å². The summed E-state index contributed by atoms with van der Waals surface area (Å²) < 4.78 is 25.0. The van der Waals surface area contributed by atoms with Crippen molar-refractivity contribution in [3.8, 4) is 0 Å². The number of anilines is 1. The molecule has 2 saturated heterocycles. The van der Waals surface area contributed by atoms with E-state index in [0.29, 0.717) is 17.5 Å². The lowest BCUT2D eigenvalue weighted by Crippen LogP contribution is -2.62. The highest BCUT2D eigenvalue weighted by Crippen LogP contribution is 2.32. The van der Waals surface area contributed by atoms with E-state index in [0.717, 1.165) is 17.7 Å². The summed E-state index contributed by atoms with van der Waals surface area (Å²) in [6, 6.07) is 15.1. The zero-order valence-electron chi connectivity index (χ0n) is 17.3. The van der Waals surface area contributed by atoms with Crippen molar-refractivity contribution < 1.29 is 13.2 Å². The molecule has 1 amide bonds. The van der Waals surface area contributed by atoms with Crippen molar-refractivity contribution in [2.75, 3.05) is 29.5 Å². The van der Waals surface area contributed by atoms with Crippen LogP contribution < -0.4 is 4.90 Å². The molecular weight excluding hydrogens is 420 g/mol. The maximum Gasteiger partial charge on any atom is 0.241 e. The van der Waals surface area contributed by atoms with Gasteiger partial charge in [0.15, 0.2) is 9.84 Å². The van der Waals surface area contributed by atoms with E-state index in [2.05, 4.69) is 13.8 Å². The predicted octanol–water partition coefficient (Wildman–Crippen LogP) is 3.52. The molecule has 2 aromatic rings. The van der Waals surface area contributed by atoms with Crippen molar-refractivity contribution in [1.29, 1.82) is 0 Å². The summed E-state index contributed by atoms with van der Waals surface area (Å²) in [5, 5.41) is 0.688. The second-order valence-corrected chi connectivity index (χ2v) is 11.2. The molecule has 0 bridgehead atoms. The van der Waals surface area contributed by atoms with Crippen molar-refractivity contribution in [2.45, 2.75) is 38.3 Å². The van der Waals surface area contributed by atoms with Gasteiger partial charge in [-0.15, -0.1) is 0 Å². The number of benzene rings is 2. The third kappa shape index (κ3) is 4.41. The molecule has 4 rings (SSSR count). The van der Waals surface area contributed by atoms with Gasteiger partial charge in [-0.2, -0.15) is 0 Å². The number of rotatable bonds is 5. The Balaban J connectivity index is 1.56. The highest BCUT2D eigenvalue weighted by atomic mass is 35.5. The van der Waals surface area contributed by atoms with Crippen LogP contribution in [0.4, 0.5) is 5.69 Å². The fourth-order valence-electron chi connectivity index (χ4n) is 4.48. The number of halogens is 1. The van der Waals surface area contributed by atoms with E-state index in [9.17, 15) is 13.2 Å². The van der Waals surface area contributed by atoms with E-state index in [1.54, 1.807) is 4.90 Å². The van der Waals surface area contributed by atoms with Crippen LogP contribution in [0.5, 0.6) is 0 Å². The van der Waals surface area contributed by atoms with E-state index in [-0.39, 0.29) is 36.0 Å². The lowest BCUT2D eigenvalue weighted by atomic mass is 10.00. The average molecular weight is 447 g/mol. The Morgan fingerprint density at radius 3 is 2.27 bits per heavy atom. The molecule has 0 N–H and O–H groups in total. The van der Waals surface area contributed by atoms with E-state index in [1.807, 2.05) is 53.4 Å². The minimum atomic E-state index is -3.19. The van der Waals surface area contributed by atoms with Crippen LogP contribution in [-0.2, 0) is 21.1 Å². The summed E-state index contributed by atoms with van der Waals surface area (Å²) in [5.74, 6) is 0.486. The van der Waals surface area contributed by atoms with Crippen LogP contribution in [0.1, 0.15) is 30.9 Å². The van der Waals surface area contributed by atoms with Gasteiger partial charge >= 0.3 is 0 Å².